The number of unbranched alkanes of at least 4 members (excludes halogenated alkanes) is 3. The average Bonchev–Trinajstić information content (AvgIpc) is 2.43. The summed E-state index contributed by atoms with van der Waals surface area (Å²) < 4.78 is 10.7. The molecule has 0 spiro atoms. The van der Waals surface area contributed by atoms with Gasteiger partial charge in [0, 0.05) is 6.42 Å². The SMILES string of the molecule is CCCCCCC(=O)O[C@@H](C)COc1ccc(O)cc1. The van der Waals surface area contributed by atoms with Crippen LogP contribution in [0.1, 0.15) is 46.0 Å². The highest BCUT2D eigenvalue weighted by Crippen LogP contribution is 2.16. The molecule has 0 heterocycles. The summed E-state index contributed by atoms with van der Waals surface area (Å²) in [5.74, 6) is 0.681. The van der Waals surface area contributed by atoms with Crippen LogP contribution in [0.5, 0.6) is 11.5 Å². The Morgan fingerprint density at radius 3 is 2.55 bits per heavy atom. The largest absolute Gasteiger partial charge is 0.508 e. The van der Waals surface area contributed by atoms with Crippen LogP contribution < -0.4 is 4.74 Å². The molecule has 0 fully saturated rings. The maximum absolute atomic E-state index is 11.6. The molecule has 4 heteroatoms. The van der Waals surface area contributed by atoms with Gasteiger partial charge in [-0.15, -0.1) is 0 Å². The Morgan fingerprint density at radius 2 is 1.90 bits per heavy atom. The number of hydrogen-bond acceptors (Lipinski definition) is 4. The van der Waals surface area contributed by atoms with Crippen LogP contribution in [-0.2, 0) is 9.53 Å². The van der Waals surface area contributed by atoms with E-state index in [9.17, 15) is 4.79 Å². The molecule has 1 aromatic carbocycles. The minimum absolute atomic E-state index is 0.164. The third-order valence-electron chi connectivity index (χ3n) is 2.89. The molecular formula is C16H24O4. The number of benzene rings is 1. The minimum Gasteiger partial charge on any atom is -0.508 e. The van der Waals surface area contributed by atoms with Gasteiger partial charge in [-0.25, -0.2) is 0 Å². The van der Waals surface area contributed by atoms with Crippen LogP contribution in [0.25, 0.3) is 0 Å². The molecular weight excluding hydrogens is 256 g/mol. The maximum Gasteiger partial charge on any atom is 0.306 e. The zero-order valence-corrected chi connectivity index (χ0v) is 12.3. The minimum atomic E-state index is -0.275. The lowest BCUT2D eigenvalue weighted by Gasteiger charge is -2.14. The van der Waals surface area contributed by atoms with E-state index in [0.29, 0.717) is 18.8 Å². The molecule has 0 radical (unpaired) electrons. The molecule has 0 aliphatic carbocycles. The highest BCUT2D eigenvalue weighted by Gasteiger charge is 2.10. The molecule has 0 aliphatic rings. The van der Waals surface area contributed by atoms with E-state index in [1.807, 2.05) is 6.92 Å². The Bertz CT molecular complexity index is 386. The van der Waals surface area contributed by atoms with E-state index in [2.05, 4.69) is 6.92 Å². The second-order valence-corrected chi connectivity index (χ2v) is 4.92. The number of ether oxygens (including phenoxy) is 2. The van der Waals surface area contributed by atoms with Crippen LogP contribution in [0.2, 0.25) is 0 Å². The predicted molar refractivity (Wildman–Crippen MR) is 77.9 cm³/mol. The normalized spacial score (nSPS) is 11.9. The predicted octanol–water partition coefficient (Wildman–Crippen LogP) is 3.67. The Kier molecular flexibility index (Phi) is 7.55. The zero-order valence-electron chi connectivity index (χ0n) is 12.3. The number of carbonyl (C=O) groups excluding carboxylic acids is 1. The van der Waals surface area contributed by atoms with E-state index in [1.54, 1.807) is 24.3 Å². The second kappa shape index (κ2) is 9.23. The standard InChI is InChI=1S/C16H24O4/c1-3-4-5-6-7-16(18)20-13(2)12-19-15-10-8-14(17)9-11-15/h8-11,13,17H,3-7,12H2,1-2H3/t13-/m0/s1. The number of carbonyl (C=O) groups is 1. The summed E-state index contributed by atoms with van der Waals surface area (Å²) in [6.07, 6.45) is 4.48. The van der Waals surface area contributed by atoms with Crippen molar-refractivity contribution in [3.63, 3.8) is 0 Å². The van der Waals surface area contributed by atoms with Crippen molar-refractivity contribution in [2.24, 2.45) is 0 Å². The quantitative estimate of drug-likeness (QED) is 0.554. The summed E-state index contributed by atoms with van der Waals surface area (Å²) in [6, 6.07) is 6.46. The summed E-state index contributed by atoms with van der Waals surface area (Å²) in [5.41, 5.74) is 0. The summed E-state index contributed by atoms with van der Waals surface area (Å²) in [5, 5.41) is 9.15. The van der Waals surface area contributed by atoms with E-state index < -0.39 is 0 Å². The first kappa shape index (κ1) is 16.3. The van der Waals surface area contributed by atoms with Crippen molar-refractivity contribution >= 4 is 5.97 Å². The topological polar surface area (TPSA) is 55.8 Å². The Hall–Kier alpha value is -1.71. The van der Waals surface area contributed by atoms with Gasteiger partial charge in [-0.05, 0) is 37.6 Å². The highest BCUT2D eigenvalue weighted by molar-refractivity contribution is 5.69. The van der Waals surface area contributed by atoms with Crippen LogP contribution >= 0.6 is 0 Å². The molecule has 1 N–H and O–H groups in total. The molecule has 0 unspecified atom stereocenters. The van der Waals surface area contributed by atoms with Crippen LogP contribution in [0.15, 0.2) is 24.3 Å². The Labute approximate surface area is 120 Å². The van der Waals surface area contributed by atoms with Gasteiger partial charge < -0.3 is 14.6 Å². The monoisotopic (exact) mass is 280 g/mol. The third-order valence-corrected chi connectivity index (χ3v) is 2.89. The van der Waals surface area contributed by atoms with Gasteiger partial charge in [0.1, 0.15) is 24.2 Å². The molecule has 0 amide bonds. The van der Waals surface area contributed by atoms with Crippen molar-refractivity contribution in [1.82, 2.24) is 0 Å². The van der Waals surface area contributed by atoms with Gasteiger partial charge in [-0.2, -0.15) is 0 Å². The molecule has 4 nitrogen and oxygen atoms in total. The highest BCUT2D eigenvalue weighted by atomic mass is 16.6. The fraction of sp³-hybridized carbons (Fsp3) is 0.562. The van der Waals surface area contributed by atoms with E-state index in [-0.39, 0.29) is 17.8 Å². The van der Waals surface area contributed by atoms with Crippen LogP contribution in [0.4, 0.5) is 0 Å². The number of aromatic hydroxyl groups is 1. The first-order valence-corrected chi connectivity index (χ1v) is 7.23. The van der Waals surface area contributed by atoms with Gasteiger partial charge in [0.25, 0.3) is 0 Å². The van der Waals surface area contributed by atoms with Gasteiger partial charge in [-0.3, -0.25) is 4.79 Å². The van der Waals surface area contributed by atoms with Gasteiger partial charge in [0.15, 0.2) is 0 Å². The van der Waals surface area contributed by atoms with Crippen molar-refractivity contribution in [1.29, 1.82) is 0 Å². The lowest BCUT2D eigenvalue weighted by atomic mass is 10.1. The van der Waals surface area contributed by atoms with Gasteiger partial charge >= 0.3 is 5.97 Å². The fourth-order valence-corrected chi connectivity index (χ4v) is 1.77. The van der Waals surface area contributed by atoms with Crippen molar-refractivity contribution in [2.45, 2.75) is 52.1 Å². The van der Waals surface area contributed by atoms with Crippen LogP contribution in [-0.4, -0.2) is 23.8 Å². The molecule has 112 valence electrons. The Balaban J connectivity index is 2.17. The van der Waals surface area contributed by atoms with Crippen molar-refractivity contribution < 1.29 is 19.4 Å². The molecule has 0 bridgehead atoms. The fourth-order valence-electron chi connectivity index (χ4n) is 1.77. The van der Waals surface area contributed by atoms with Gasteiger partial charge in [-0.1, -0.05) is 26.2 Å². The lowest BCUT2D eigenvalue weighted by Crippen LogP contribution is -2.21. The molecule has 20 heavy (non-hydrogen) atoms. The van der Waals surface area contributed by atoms with E-state index in [1.165, 1.54) is 0 Å². The summed E-state index contributed by atoms with van der Waals surface area (Å²) >= 11 is 0. The van der Waals surface area contributed by atoms with E-state index in [0.717, 1.165) is 25.7 Å². The Morgan fingerprint density at radius 1 is 1.20 bits per heavy atom. The summed E-state index contributed by atoms with van der Waals surface area (Å²) in [6.45, 7) is 4.26. The van der Waals surface area contributed by atoms with Gasteiger partial charge in [0.2, 0.25) is 0 Å². The van der Waals surface area contributed by atoms with Gasteiger partial charge in [0.05, 0.1) is 0 Å². The second-order valence-electron chi connectivity index (χ2n) is 4.92. The molecule has 0 saturated heterocycles. The summed E-state index contributed by atoms with van der Waals surface area (Å²) in [4.78, 5) is 11.6. The zero-order chi connectivity index (χ0) is 14.8. The first-order valence-electron chi connectivity index (χ1n) is 7.23. The summed E-state index contributed by atoms with van der Waals surface area (Å²) in [7, 11) is 0. The molecule has 1 rings (SSSR count). The molecule has 0 aromatic heterocycles. The number of phenolic OH excluding ortho intramolecular Hbond substituents is 1. The molecule has 0 saturated carbocycles. The van der Waals surface area contributed by atoms with E-state index >= 15 is 0 Å². The van der Waals surface area contributed by atoms with Crippen molar-refractivity contribution in [3.8, 4) is 11.5 Å². The molecule has 1 aromatic rings. The third kappa shape index (κ3) is 7.02. The number of phenols is 1. The first-order chi connectivity index (χ1) is 9.61. The van der Waals surface area contributed by atoms with Crippen LogP contribution in [0, 0.1) is 0 Å². The van der Waals surface area contributed by atoms with Crippen molar-refractivity contribution in [2.75, 3.05) is 6.61 Å². The number of esters is 1. The maximum atomic E-state index is 11.6. The number of hydrogen-bond donors (Lipinski definition) is 1. The lowest BCUT2D eigenvalue weighted by molar-refractivity contribution is -0.149. The van der Waals surface area contributed by atoms with Crippen molar-refractivity contribution in [3.05, 3.63) is 24.3 Å². The average molecular weight is 280 g/mol. The number of rotatable bonds is 9. The smallest absolute Gasteiger partial charge is 0.306 e. The van der Waals surface area contributed by atoms with Crippen LogP contribution in [0.3, 0.4) is 0 Å². The molecule has 0 aliphatic heterocycles. The van der Waals surface area contributed by atoms with E-state index in [4.69, 9.17) is 14.6 Å². The molecule has 1 atom stereocenters.